The van der Waals surface area contributed by atoms with Crippen LogP contribution in [0.5, 0.6) is 11.5 Å². The van der Waals surface area contributed by atoms with E-state index in [1.165, 1.54) is 12.1 Å². The molecule has 0 aromatic heterocycles. The van der Waals surface area contributed by atoms with Gasteiger partial charge in [0.1, 0.15) is 5.82 Å². The third kappa shape index (κ3) is 3.57. The molecule has 27 heavy (non-hydrogen) atoms. The van der Waals surface area contributed by atoms with Gasteiger partial charge in [0.2, 0.25) is 6.79 Å². The summed E-state index contributed by atoms with van der Waals surface area (Å²) in [6, 6.07) is 11.6. The van der Waals surface area contributed by atoms with Crippen molar-refractivity contribution in [3.63, 3.8) is 0 Å². The van der Waals surface area contributed by atoms with Gasteiger partial charge in [0, 0.05) is 43.9 Å². The minimum Gasteiger partial charge on any atom is -0.454 e. The van der Waals surface area contributed by atoms with Crippen LogP contribution in [0.2, 0.25) is 0 Å². The first-order chi connectivity index (χ1) is 13.1. The molecule has 1 fully saturated rings. The molecule has 0 aliphatic carbocycles. The van der Waals surface area contributed by atoms with Gasteiger partial charge in [-0.15, -0.1) is 0 Å². The average molecular weight is 367 g/mol. The molecule has 0 radical (unpaired) electrons. The number of nitriles is 1. The van der Waals surface area contributed by atoms with E-state index in [1.807, 2.05) is 6.07 Å². The minimum atomic E-state index is -0.312. The quantitative estimate of drug-likeness (QED) is 0.833. The van der Waals surface area contributed by atoms with Crippen molar-refractivity contribution >= 4 is 5.91 Å². The monoisotopic (exact) mass is 367 g/mol. The lowest BCUT2D eigenvalue weighted by Crippen LogP contribution is -2.48. The van der Waals surface area contributed by atoms with Gasteiger partial charge in [-0.05, 0) is 36.4 Å². The average Bonchev–Trinajstić information content (AvgIpc) is 3.17. The maximum absolute atomic E-state index is 14.0. The predicted molar refractivity (Wildman–Crippen MR) is 94.9 cm³/mol. The van der Waals surface area contributed by atoms with E-state index in [4.69, 9.17) is 14.7 Å². The van der Waals surface area contributed by atoms with Crippen molar-refractivity contribution in [3.05, 3.63) is 58.9 Å². The van der Waals surface area contributed by atoms with Crippen molar-refractivity contribution in [2.45, 2.75) is 6.54 Å². The highest BCUT2D eigenvalue weighted by atomic mass is 19.1. The summed E-state index contributed by atoms with van der Waals surface area (Å²) in [5, 5.41) is 8.97. The molecular formula is C20H18FN3O3. The normalized spacial score (nSPS) is 16.2. The number of ether oxygens (including phenoxy) is 2. The molecule has 0 spiro atoms. The van der Waals surface area contributed by atoms with Crippen LogP contribution in [0.4, 0.5) is 4.39 Å². The summed E-state index contributed by atoms with van der Waals surface area (Å²) in [7, 11) is 0. The van der Waals surface area contributed by atoms with E-state index in [9.17, 15) is 9.18 Å². The second-order valence-electron chi connectivity index (χ2n) is 6.55. The number of benzene rings is 2. The van der Waals surface area contributed by atoms with E-state index in [1.54, 1.807) is 29.2 Å². The van der Waals surface area contributed by atoms with Crippen LogP contribution in [-0.2, 0) is 6.54 Å². The van der Waals surface area contributed by atoms with Crippen molar-refractivity contribution in [1.82, 2.24) is 9.80 Å². The van der Waals surface area contributed by atoms with Crippen molar-refractivity contribution in [2.75, 3.05) is 33.0 Å². The van der Waals surface area contributed by atoms with Crippen LogP contribution >= 0.6 is 0 Å². The molecule has 2 aromatic rings. The van der Waals surface area contributed by atoms with Gasteiger partial charge in [-0.2, -0.15) is 5.26 Å². The predicted octanol–water partition coefficient (Wildman–Crippen LogP) is 2.38. The van der Waals surface area contributed by atoms with Crippen LogP contribution in [0.3, 0.4) is 0 Å². The number of hydrogen-bond donors (Lipinski definition) is 0. The maximum Gasteiger partial charge on any atom is 0.254 e. The molecule has 0 atom stereocenters. The third-order valence-electron chi connectivity index (χ3n) is 4.85. The highest BCUT2D eigenvalue weighted by Gasteiger charge is 2.24. The molecule has 6 nitrogen and oxygen atoms in total. The summed E-state index contributed by atoms with van der Waals surface area (Å²) in [6.07, 6.45) is 0. The van der Waals surface area contributed by atoms with Crippen molar-refractivity contribution in [2.24, 2.45) is 0 Å². The van der Waals surface area contributed by atoms with E-state index >= 15 is 0 Å². The summed E-state index contributed by atoms with van der Waals surface area (Å²) in [5.74, 6) is 0.879. The first-order valence-electron chi connectivity index (χ1n) is 8.74. The Hall–Kier alpha value is -3.11. The fourth-order valence-corrected chi connectivity index (χ4v) is 3.33. The molecule has 0 N–H and O–H groups in total. The fraction of sp³-hybridized carbons (Fsp3) is 0.300. The first-order valence-corrected chi connectivity index (χ1v) is 8.74. The number of rotatable bonds is 3. The van der Waals surface area contributed by atoms with Crippen molar-refractivity contribution < 1.29 is 18.7 Å². The molecule has 2 aliphatic rings. The Labute approximate surface area is 156 Å². The highest BCUT2D eigenvalue weighted by Crippen LogP contribution is 2.32. The Kier molecular flexibility index (Phi) is 4.65. The van der Waals surface area contributed by atoms with Gasteiger partial charge in [-0.1, -0.05) is 0 Å². The van der Waals surface area contributed by atoms with E-state index in [-0.39, 0.29) is 18.5 Å². The van der Waals surface area contributed by atoms with E-state index in [2.05, 4.69) is 4.90 Å². The van der Waals surface area contributed by atoms with Crippen molar-refractivity contribution in [1.29, 1.82) is 5.26 Å². The molecule has 2 heterocycles. The van der Waals surface area contributed by atoms with Crippen LogP contribution in [0.15, 0.2) is 36.4 Å². The molecule has 1 amide bonds. The summed E-state index contributed by atoms with van der Waals surface area (Å²) in [5.41, 5.74) is 1.52. The lowest BCUT2D eigenvalue weighted by Gasteiger charge is -2.34. The molecule has 1 saturated heterocycles. The van der Waals surface area contributed by atoms with Crippen molar-refractivity contribution in [3.8, 4) is 17.6 Å². The molecule has 0 bridgehead atoms. The van der Waals surface area contributed by atoms with Gasteiger partial charge < -0.3 is 14.4 Å². The number of carbonyl (C=O) groups excluding carboxylic acids is 1. The first kappa shape index (κ1) is 17.3. The number of fused-ring (bicyclic) bond motifs is 1. The number of halogens is 1. The molecule has 138 valence electrons. The largest absolute Gasteiger partial charge is 0.454 e. The van der Waals surface area contributed by atoms with Crippen LogP contribution in [0.25, 0.3) is 0 Å². The van der Waals surface area contributed by atoms with Gasteiger partial charge in [0.05, 0.1) is 11.6 Å². The topological polar surface area (TPSA) is 65.8 Å². The SMILES string of the molecule is N#Cc1ccc(F)c(CN2CCN(C(=O)c3ccc4c(c3)OCO4)CC2)c1. The zero-order valence-corrected chi connectivity index (χ0v) is 14.7. The maximum atomic E-state index is 14.0. The Morgan fingerprint density at radius 2 is 1.85 bits per heavy atom. The van der Waals surface area contributed by atoms with Gasteiger partial charge in [-0.25, -0.2) is 4.39 Å². The Bertz CT molecular complexity index is 917. The van der Waals surface area contributed by atoms with Gasteiger partial charge >= 0.3 is 0 Å². The van der Waals surface area contributed by atoms with Crippen LogP contribution in [-0.4, -0.2) is 48.7 Å². The van der Waals surface area contributed by atoms with Gasteiger partial charge in [-0.3, -0.25) is 9.69 Å². The van der Waals surface area contributed by atoms with E-state index in [0.29, 0.717) is 60.9 Å². The Morgan fingerprint density at radius 1 is 1.07 bits per heavy atom. The number of piperazine rings is 1. The molecule has 2 aliphatic heterocycles. The summed E-state index contributed by atoms with van der Waals surface area (Å²) < 4.78 is 24.6. The lowest BCUT2D eigenvalue weighted by atomic mass is 10.1. The lowest BCUT2D eigenvalue weighted by molar-refractivity contribution is 0.0626. The number of amides is 1. The zero-order chi connectivity index (χ0) is 18.8. The molecule has 0 unspecified atom stereocenters. The summed E-state index contributed by atoms with van der Waals surface area (Å²) in [6.45, 7) is 3.02. The van der Waals surface area contributed by atoms with E-state index in [0.717, 1.165) is 0 Å². The zero-order valence-electron chi connectivity index (χ0n) is 14.7. The smallest absolute Gasteiger partial charge is 0.254 e. The molecular weight excluding hydrogens is 349 g/mol. The molecule has 4 rings (SSSR count). The summed E-state index contributed by atoms with van der Waals surface area (Å²) >= 11 is 0. The minimum absolute atomic E-state index is 0.0504. The molecule has 2 aromatic carbocycles. The summed E-state index contributed by atoms with van der Waals surface area (Å²) in [4.78, 5) is 16.6. The van der Waals surface area contributed by atoms with Crippen LogP contribution < -0.4 is 9.47 Å². The Morgan fingerprint density at radius 3 is 2.63 bits per heavy atom. The fourth-order valence-electron chi connectivity index (χ4n) is 3.33. The van der Waals surface area contributed by atoms with E-state index < -0.39 is 0 Å². The molecule has 0 saturated carbocycles. The number of nitrogens with zero attached hydrogens (tertiary/aromatic N) is 3. The highest BCUT2D eigenvalue weighted by molar-refractivity contribution is 5.95. The number of carbonyl (C=O) groups is 1. The third-order valence-corrected chi connectivity index (χ3v) is 4.85. The number of hydrogen-bond acceptors (Lipinski definition) is 5. The second-order valence-corrected chi connectivity index (χ2v) is 6.55. The standard InChI is InChI=1S/C20H18FN3O3/c21-17-3-1-14(11-22)9-16(17)12-23-5-7-24(8-6-23)20(25)15-2-4-18-19(10-15)27-13-26-18/h1-4,9-10H,5-8,12-13H2. The van der Waals surface area contributed by atoms with Crippen LogP contribution in [0.1, 0.15) is 21.5 Å². The molecule has 7 heteroatoms. The second kappa shape index (κ2) is 7.25. The van der Waals surface area contributed by atoms with Gasteiger partial charge in [0.15, 0.2) is 11.5 Å². The van der Waals surface area contributed by atoms with Gasteiger partial charge in [0.25, 0.3) is 5.91 Å². The Balaban J connectivity index is 1.38. The van der Waals surface area contributed by atoms with Crippen LogP contribution in [0, 0.1) is 17.1 Å².